The average Bonchev–Trinajstić information content (AvgIpc) is 2.43. The molecule has 0 bridgehead atoms. The van der Waals surface area contributed by atoms with Crippen molar-refractivity contribution in [2.24, 2.45) is 0 Å². The molecule has 1 N–H and O–H groups in total. The second-order valence-electron chi connectivity index (χ2n) is 5.95. The largest absolute Gasteiger partial charge is 0.416 e. The molecule has 23 heavy (non-hydrogen) atoms. The first-order chi connectivity index (χ1) is 10.6. The molecule has 0 unspecified atom stereocenters. The number of hydrogen-bond donors (Lipinski definition) is 1. The summed E-state index contributed by atoms with van der Waals surface area (Å²) in [5.74, 6) is -0.507. The highest BCUT2D eigenvalue weighted by atomic mass is 19.4. The van der Waals surface area contributed by atoms with E-state index in [-0.39, 0.29) is 11.1 Å². The van der Waals surface area contributed by atoms with Gasteiger partial charge in [-0.2, -0.15) is 18.4 Å². The van der Waals surface area contributed by atoms with Crippen LogP contribution in [0.3, 0.4) is 0 Å². The standard InChI is InChI=1S/C17H15F3N2O/c1-16(2)9-12(13(10-21)15(23)22-16)8-7-11-5-3-4-6-14(11)17(18,19)20/h3-8H,9H2,1-2H3,(H,22,23)/b8-7+. The number of rotatable bonds is 2. The Hall–Kier alpha value is -2.55. The summed E-state index contributed by atoms with van der Waals surface area (Å²) in [4.78, 5) is 11.9. The van der Waals surface area contributed by atoms with Gasteiger partial charge in [0, 0.05) is 5.54 Å². The van der Waals surface area contributed by atoms with Gasteiger partial charge in [0.05, 0.1) is 5.56 Å². The normalized spacial score (nSPS) is 18.0. The van der Waals surface area contributed by atoms with Gasteiger partial charge in [-0.1, -0.05) is 30.4 Å². The summed E-state index contributed by atoms with van der Waals surface area (Å²) in [7, 11) is 0. The summed E-state index contributed by atoms with van der Waals surface area (Å²) >= 11 is 0. The number of amides is 1. The van der Waals surface area contributed by atoms with Crippen LogP contribution in [0.25, 0.3) is 6.08 Å². The average molecular weight is 320 g/mol. The fourth-order valence-corrected chi connectivity index (χ4v) is 2.48. The lowest BCUT2D eigenvalue weighted by Gasteiger charge is -2.31. The monoisotopic (exact) mass is 320 g/mol. The summed E-state index contributed by atoms with van der Waals surface area (Å²) in [5.41, 5.74) is -0.951. The van der Waals surface area contributed by atoms with E-state index in [1.54, 1.807) is 13.8 Å². The highest BCUT2D eigenvalue weighted by Gasteiger charge is 2.33. The molecular formula is C17H15F3N2O. The molecule has 0 fully saturated rings. The molecule has 1 aliphatic rings. The van der Waals surface area contributed by atoms with E-state index < -0.39 is 23.2 Å². The molecule has 1 aromatic rings. The minimum Gasteiger partial charge on any atom is -0.346 e. The summed E-state index contributed by atoms with van der Waals surface area (Å²) in [6.07, 6.45) is -1.38. The van der Waals surface area contributed by atoms with Crippen molar-refractivity contribution in [2.45, 2.75) is 32.0 Å². The Morgan fingerprint density at radius 1 is 1.26 bits per heavy atom. The second-order valence-corrected chi connectivity index (χ2v) is 5.95. The Kier molecular flexibility index (Phi) is 4.33. The fourth-order valence-electron chi connectivity index (χ4n) is 2.48. The third-order valence-electron chi connectivity index (χ3n) is 3.47. The smallest absolute Gasteiger partial charge is 0.346 e. The number of allylic oxidation sites excluding steroid dienone is 1. The Labute approximate surface area is 132 Å². The maximum atomic E-state index is 13.0. The summed E-state index contributed by atoms with van der Waals surface area (Å²) < 4.78 is 38.9. The van der Waals surface area contributed by atoms with Crippen LogP contribution < -0.4 is 5.32 Å². The maximum Gasteiger partial charge on any atom is 0.416 e. The van der Waals surface area contributed by atoms with Gasteiger partial charge in [-0.3, -0.25) is 4.79 Å². The third kappa shape index (κ3) is 3.81. The highest BCUT2D eigenvalue weighted by molar-refractivity contribution is 6.00. The number of carbonyl (C=O) groups is 1. The van der Waals surface area contributed by atoms with Crippen LogP contribution >= 0.6 is 0 Å². The van der Waals surface area contributed by atoms with Crippen LogP contribution in [0.1, 0.15) is 31.4 Å². The molecule has 1 heterocycles. The fraction of sp³-hybridized carbons (Fsp3) is 0.294. The Morgan fingerprint density at radius 2 is 1.91 bits per heavy atom. The van der Waals surface area contributed by atoms with Gasteiger partial charge in [0.25, 0.3) is 5.91 Å². The van der Waals surface area contributed by atoms with Crippen LogP contribution in [-0.2, 0) is 11.0 Å². The van der Waals surface area contributed by atoms with Gasteiger partial charge < -0.3 is 5.32 Å². The van der Waals surface area contributed by atoms with Gasteiger partial charge in [-0.25, -0.2) is 0 Å². The van der Waals surface area contributed by atoms with Gasteiger partial charge in [0.1, 0.15) is 11.6 Å². The third-order valence-corrected chi connectivity index (χ3v) is 3.47. The van der Waals surface area contributed by atoms with Crippen molar-refractivity contribution in [3.8, 4) is 6.07 Å². The van der Waals surface area contributed by atoms with Gasteiger partial charge in [0.2, 0.25) is 0 Å². The summed E-state index contributed by atoms with van der Waals surface area (Å²) in [6.45, 7) is 3.58. The number of alkyl halides is 3. The lowest BCUT2D eigenvalue weighted by Crippen LogP contribution is -2.47. The Bertz CT molecular complexity index is 737. The van der Waals surface area contributed by atoms with E-state index in [9.17, 15) is 18.0 Å². The van der Waals surface area contributed by atoms with Gasteiger partial charge >= 0.3 is 6.18 Å². The van der Waals surface area contributed by atoms with Crippen molar-refractivity contribution in [3.63, 3.8) is 0 Å². The first-order valence-corrected chi connectivity index (χ1v) is 6.94. The molecule has 3 nitrogen and oxygen atoms in total. The molecule has 1 aliphatic heterocycles. The number of benzene rings is 1. The number of nitrogens with one attached hydrogen (secondary N) is 1. The quantitative estimate of drug-likeness (QED) is 0.900. The molecule has 0 atom stereocenters. The number of nitrogens with zero attached hydrogens (tertiary/aromatic N) is 1. The SMILES string of the molecule is CC1(C)CC(/C=C/c2ccccc2C(F)(F)F)=C(C#N)C(=O)N1. The molecular weight excluding hydrogens is 305 g/mol. The Morgan fingerprint density at radius 3 is 2.52 bits per heavy atom. The van der Waals surface area contributed by atoms with Crippen LogP contribution in [0.2, 0.25) is 0 Å². The van der Waals surface area contributed by atoms with Crippen molar-refractivity contribution in [2.75, 3.05) is 0 Å². The van der Waals surface area contributed by atoms with E-state index in [0.29, 0.717) is 12.0 Å². The highest BCUT2D eigenvalue weighted by Crippen LogP contribution is 2.33. The summed E-state index contributed by atoms with van der Waals surface area (Å²) in [5, 5.41) is 11.8. The molecule has 0 saturated heterocycles. The van der Waals surface area contributed by atoms with E-state index >= 15 is 0 Å². The number of hydrogen-bond acceptors (Lipinski definition) is 2. The topological polar surface area (TPSA) is 52.9 Å². The zero-order valence-corrected chi connectivity index (χ0v) is 12.7. The maximum absolute atomic E-state index is 13.0. The molecule has 1 amide bonds. The van der Waals surface area contributed by atoms with Crippen molar-refractivity contribution in [1.82, 2.24) is 5.32 Å². The molecule has 2 rings (SSSR count). The molecule has 0 radical (unpaired) electrons. The van der Waals surface area contributed by atoms with Crippen molar-refractivity contribution in [1.29, 1.82) is 5.26 Å². The van der Waals surface area contributed by atoms with Crippen LogP contribution in [0, 0.1) is 11.3 Å². The number of carbonyl (C=O) groups excluding carboxylic acids is 1. The molecule has 120 valence electrons. The van der Waals surface area contributed by atoms with Gasteiger partial charge in [-0.05, 0) is 37.5 Å². The van der Waals surface area contributed by atoms with Gasteiger partial charge in [-0.15, -0.1) is 0 Å². The predicted molar refractivity (Wildman–Crippen MR) is 80.0 cm³/mol. The number of nitriles is 1. The summed E-state index contributed by atoms with van der Waals surface area (Å²) in [6, 6.07) is 6.98. The van der Waals surface area contributed by atoms with Crippen LogP contribution in [-0.4, -0.2) is 11.4 Å². The molecule has 6 heteroatoms. The van der Waals surface area contributed by atoms with E-state index in [0.717, 1.165) is 6.07 Å². The van der Waals surface area contributed by atoms with Crippen molar-refractivity contribution < 1.29 is 18.0 Å². The van der Waals surface area contributed by atoms with E-state index in [1.807, 2.05) is 6.07 Å². The van der Waals surface area contributed by atoms with E-state index in [4.69, 9.17) is 5.26 Å². The minimum absolute atomic E-state index is 0.00595. The van der Waals surface area contributed by atoms with Crippen LogP contribution in [0.15, 0.2) is 41.5 Å². The zero-order valence-electron chi connectivity index (χ0n) is 12.7. The van der Waals surface area contributed by atoms with Crippen LogP contribution in [0.4, 0.5) is 13.2 Å². The molecule has 0 saturated carbocycles. The first-order valence-electron chi connectivity index (χ1n) is 6.94. The van der Waals surface area contributed by atoms with E-state index in [2.05, 4.69) is 5.32 Å². The zero-order chi connectivity index (χ0) is 17.3. The van der Waals surface area contributed by atoms with Crippen LogP contribution in [0.5, 0.6) is 0 Å². The molecule has 0 spiro atoms. The molecule has 0 aliphatic carbocycles. The van der Waals surface area contributed by atoms with Crippen molar-refractivity contribution >= 4 is 12.0 Å². The molecule has 0 aromatic heterocycles. The lowest BCUT2D eigenvalue weighted by atomic mass is 9.87. The molecule has 1 aromatic carbocycles. The second kappa shape index (κ2) is 5.92. The van der Waals surface area contributed by atoms with Gasteiger partial charge in [0.15, 0.2) is 0 Å². The first kappa shape index (κ1) is 16.8. The van der Waals surface area contributed by atoms with Crippen molar-refractivity contribution in [3.05, 3.63) is 52.6 Å². The van der Waals surface area contributed by atoms with E-state index in [1.165, 1.54) is 30.4 Å². The minimum atomic E-state index is -4.46. The number of halogens is 3. The predicted octanol–water partition coefficient (Wildman–Crippen LogP) is 3.84. The Balaban J connectivity index is 2.44. The lowest BCUT2D eigenvalue weighted by molar-refractivity contribution is -0.137.